The molecule has 0 aromatic heterocycles. The lowest BCUT2D eigenvalue weighted by molar-refractivity contribution is -0.780. The minimum absolute atomic E-state index is 0.0736. The van der Waals surface area contributed by atoms with Crippen molar-refractivity contribution in [2.75, 3.05) is 19.6 Å². The molecule has 0 radical (unpaired) electrons. The number of quaternary nitrogens is 1. The van der Waals surface area contributed by atoms with Crippen LogP contribution in [0.1, 0.15) is 57.8 Å². The maximum absolute atomic E-state index is 11.0. The van der Waals surface area contributed by atoms with Gasteiger partial charge >= 0.3 is 0 Å². The van der Waals surface area contributed by atoms with Gasteiger partial charge in [-0.05, 0) is 19.3 Å². The number of hydrogen-bond acceptors (Lipinski definition) is 4. The molecule has 1 aliphatic heterocycles. The third kappa shape index (κ3) is 7.10. The second-order valence-electron chi connectivity index (χ2n) is 6.22. The summed E-state index contributed by atoms with van der Waals surface area (Å²) in [6, 6.07) is 0. The summed E-state index contributed by atoms with van der Waals surface area (Å²) < 4.78 is 0.236. The van der Waals surface area contributed by atoms with Crippen LogP contribution in [0.25, 0.3) is 0 Å². The van der Waals surface area contributed by atoms with Crippen LogP contribution in [0, 0.1) is 0 Å². The normalized spacial score (nSPS) is 19.8. The van der Waals surface area contributed by atoms with E-state index in [9.17, 15) is 9.90 Å². The zero-order valence-corrected chi connectivity index (χ0v) is 14.2. The van der Waals surface area contributed by atoms with Gasteiger partial charge in [-0.15, -0.1) is 6.58 Å². The largest absolute Gasteiger partial charge is 0.544 e. The average molecular weight is 321 g/mol. The Labute approximate surface area is 140 Å². The Morgan fingerprint density at radius 2 is 1.87 bits per heavy atom. The lowest BCUT2D eigenvalue weighted by Gasteiger charge is -2.32. The van der Waals surface area contributed by atoms with Gasteiger partial charge in [0, 0.05) is 13.0 Å². The van der Waals surface area contributed by atoms with Gasteiger partial charge in [-0.3, -0.25) is 0 Å². The number of rotatable bonds is 14. The van der Waals surface area contributed by atoms with Crippen LogP contribution in [0.4, 0.5) is 0 Å². The first-order valence-electron chi connectivity index (χ1n) is 8.77. The molecule has 0 aliphatic carbocycles. The van der Waals surface area contributed by atoms with Crippen molar-refractivity contribution in [2.45, 2.75) is 57.8 Å². The molecule has 2 N–H and O–H groups in total. The standard InChI is InChI=1S/C18H31N3O2/c1-2-3-4-5-6-7-8-9-10-11-17-20-13-15-21(17,14-12-19)16-18(22)23/h2,13,15H,1,3-12,14,16,19H2. The van der Waals surface area contributed by atoms with E-state index in [4.69, 9.17) is 5.73 Å². The second-order valence-corrected chi connectivity index (χ2v) is 6.22. The molecule has 0 aromatic carbocycles. The predicted octanol–water partition coefficient (Wildman–Crippen LogP) is 2.09. The van der Waals surface area contributed by atoms with Crippen LogP contribution in [0.5, 0.6) is 0 Å². The molecule has 0 amide bonds. The van der Waals surface area contributed by atoms with Crippen molar-refractivity contribution >= 4 is 11.8 Å². The van der Waals surface area contributed by atoms with Crippen LogP contribution in [-0.2, 0) is 4.79 Å². The number of carbonyl (C=O) groups is 1. The Morgan fingerprint density at radius 1 is 1.22 bits per heavy atom. The molecule has 0 saturated carbocycles. The molecular formula is C18H31N3O2. The quantitative estimate of drug-likeness (QED) is 0.302. The Hall–Kier alpha value is -1.46. The van der Waals surface area contributed by atoms with Crippen molar-refractivity contribution in [3.05, 3.63) is 25.1 Å². The van der Waals surface area contributed by atoms with E-state index >= 15 is 0 Å². The van der Waals surface area contributed by atoms with Crippen LogP contribution in [0.2, 0.25) is 0 Å². The second kappa shape index (κ2) is 11.1. The fourth-order valence-corrected chi connectivity index (χ4v) is 3.08. The molecule has 5 nitrogen and oxygen atoms in total. The maximum atomic E-state index is 11.0. The minimum atomic E-state index is -1.06. The lowest BCUT2D eigenvalue weighted by atomic mass is 10.1. The first-order chi connectivity index (χ1) is 11.1. The Bertz CT molecular complexity index is 432. The van der Waals surface area contributed by atoms with Gasteiger partial charge in [0.05, 0.1) is 12.2 Å². The molecule has 1 atom stereocenters. The Balaban J connectivity index is 2.25. The average Bonchev–Trinajstić information content (AvgIpc) is 2.87. The van der Waals surface area contributed by atoms with Gasteiger partial charge in [0.15, 0.2) is 0 Å². The molecule has 23 heavy (non-hydrogen) atoms. The summed E-state index contributed by atoms with van der Waals surface area (Å²) in [4.78, 5) is 15.4. The fourth-order valence-electron chi connectivity index (χ4n) is 3.08. The first kappa shape index (κ1) is 19.6. The molecule has 130 valence electrons. The highest BCUT2D eigenvalue weighted by Crippen LogP contribution is 2.21. The number of unbranched alkanes of at least 4 members (excludes halogenated alkanes) is 7. The number of nitrogens with zero attached hydrogens (tertiary/aromatic N) is 2. The zero-order chi connectivity index (χ0) is 17.0. The molecule has 1 unspecified atom stereocenters. The Kier molecular flexibility index (Phi) is 9.48. The summed E-state index contributed by atoms with van der Waals surface area (Å²) in [6.45, 7) is 4.65. The number of carbonyl (C=O) groups excluding carboxylic acids is 1. The van der Waals surface area contributed by atoms with Crippen molar-refractivity contribution < 1.29 is 14.4 Å². The van der Waals surface area contributed by atoms with E-state index in [1.807, 2.05) is 12.3 Å². The molecule has 1 aliphatic rings. The number of amidine groups is 1. The fraction of sp³-hybridized carbons (Fsp3) is 0.667. The SMILES string of the molecule is C=CCCCCCCCCCC1=NC=C[N+]1(CCN)CC(=O)[O-]. The molecule has 1 rings (SSSR count). The molecule has 0 bridgehead atoms. The molecule has 0 aromatic rings. The van der Waals surface area contributed by atoms with Crippen LogP contribution in [-0.4, -0.2) is 35.9 Å². The summed E-state index contributed by atoms with van der Waals surface area (Å²) in [7, 11) is 0. The summed E-state index contributed by atoms with van der Waals surface area (Å²) in [5.74, 6) is -0.150. The lowest BCUT2D eigenvalue weighted by Crippen LogP contribution is -2.55. The van der Waals surface area contributed by atoms with Crippen molar-refractivity contribution in [3.8, 4) is 0 Å². The molecule has 0 fully saturated rings. The van der Waals surface area contributed by atoms with E-state index in [0.29, 0.717) is 13.1 Å². The van der Waals surface area contributed by atoms with Crippen molar-refractivity contribution in [1.82, 2.24) is 0 Å². The van der Waals surface area contributed by atoms with Crippen LogP contribution in [0.15, 0.2) is 30.0 Å². The highest BCUT2D eigenvalue weighted by Gasteiger charge is 2.34. The summed E-state index contributed by atoms with van der Waals surface area (Å²) >= 11 is 0. The Morgan fingerprint density at radius 3 is 2.48 bits per heavy atom. The summed E-state index contributed by atoms with van der Waals surface area (Å²) in [5.41, 5.74) is 5.65. The smallest absolute Gasteiger partial charge is 0.207 e. The van der Waals surface area contributed by atoms with Gasteiger partial charge in [0.2, 0.25) is 5.84 Å². The number of allylic oxidation sites excluding steroid dienone is 1. The first-order valence-corrected chi connectivity index (χ1v) is 8.77. The molecule has 0 saturated heterocycles. The van der Waals surface area contributed by atoms with Gasteiger partial charge in [-0.2, -0.15) is 0 Å². The molecule has 0 spiro atoms. The van der Waals surface area contributed by atoms with Gasteiger partial charge in [0.1, 0.15) is 19.3 Å². The van der Waals surface area contributed by atoms with Gasteiger partial charge < -0.3 is 15.6 Å². The summed E-state index contributed by atoms with van der Waals surface area (Å²) in [5, 5.41) is 11.0. The van der Waals surface area contributed by atoms with Gasteiger partial charge in [0.25, 0.3) is 0 Å². The highest BCUT2D eigenvalue weighted by molar-refractivity contribution is 5.80. The van der Waals surface area contributed by atoms with E-state index < -0.39 is 5.97 Å². The molecular weight excluding hydrogens is 290 g/mol. The topological polar surface area (TPSA) is 78.5 Å². The predicted molar refractivity (Wildman–Crippen MR) is 92.4 cm³/mol. The van der Waals surface area contributed by atoms with Crippen molar-refractivity contribution in [1.29, 1.82) is 0 Å². The van der Waals surface area contributed by atoms with E-state index in [-0.39, 0.29) is 11.0 Å². The maximum Gasteiger partial charge on any atom is 0.207 e. The van der Waals surface area contributed by atoms with E-state index in [2.05, 4.69) is 11.6 Å². The van der Waals surface area contributed by atoms with Crippen molar-refractivity contribution in [3.63, 3.8) is 0 Å². The monoisotopic (exact) mass is 321 g/mol. The van der Waals surface area contributed by atoms with Gasteiger partial charge in [-0.25, -0.2) is 9.48 Å². The van der Waals surface area contributed by atoms with Crippen LogP contribution in [0.3, 0.4) is 0 Å². The van der Waals surface area contributed by atoms with E-state index in [1.54, 1.807) is 6.20 Å². The van der Waals surface area contributed by atoms with Crippen LogP contribution < -0.4 is 10.8 Å². The summed E-state index contributed by atoms with van der Waals surface area (Å²) in [6.07, 6.45) is 16.0. The van der Waals surface area contributed by atoms with Gasteiger partial charge in [-0.1, -0.05) is 38.2 Å². The van der Waals surface area contributed by atoms with E-state index in [1.165, 1.54) is 32.1 Å². The molecule has 1 heterocycles. The van der Waals surface area contributed by atoms with E-state index in [0.717, 1.165) is 31.5 Å². The third-order valence-corrected chi connectivity index (χ3v) is 4.34. The number of carboxylic acids is 1. The highest BCUT2D eigenvalue weighted by atomic mass is 16.4. The number of aliphatic carboxylic acids is 1. The number of aliphatic imine (C=N–C) groups is 1. The number of nitrogens with two attached hydrogens (primary N) is 1. The zero-order valence-electron chi connectivity index (χ0n) is 14.2. The minimum Gasteiger partial charge on any atom is -0.544 e. The third-order valence-electron chi connectivity index (χ3n) is 4.34. The number of hydrogen-bond donors (Lipinski definition) is 1. The van der Waals surface area contributed by atoms with Crippen LogP contribution >= 0.6 is 0 Å². The van der Waals surface area contributed by atoms with Crippen molar-refractivity contribution in [2.24, 2.45) is 10.7 Å². The number of carboxylic acid groups (broad SMARTS) is 1. The molecule has 5 heteroatoms.